The van der Waals surface area contributed by atoms with Gasteiger partial charge >= 0.3 is 0 Å². The van der Waals surface area contributed by atoms with Crippen molar-refractivity contribution in [1.82, 2.24) is 5.32 Å². The number of aryl methyl sites for hydroxylation is 1. The number of nitrogens with one attached hydrogen (secondary N) is 1. The van der Waals surface area contributed by atoms with Crippen molar-refractivity contribution < 1.29 is 4.92 Å². The summed E-state index contributed by atoms with van der Waals surface area (Å²) in [6.07, 6.45) is 1.63. The van der Waals surface area contributed by atoms with Crippen LogP contribution in [0.15, 0.2) is 22.7 Å². The summed E-state index contributed by atoms with van der Waals surface area (Å²) in [4.78, 5) is 10.7. The minimum Gasteiger partial charge on any atom is -0.314 e. The Morgan fingerprint density at radius 1 is 1.42 bits per heavy atom. The molecule has 0 aliphatic carbocycles. The van der Waals surface area contributed by atoms with Crippen molar-refractivity contribution in [2.75, 3.05) is 6.54 Å². The first-order valence-corrected chi connectivity index (χ1v) is 7.41. The van der Waals surface area contributed by atoms with E-state index < -0.39 is 0 Å². The van der Waals surface area contributed by atoms with Crippen molar-refractivity contribution in [3.05, 3.63) is 38.3 Å². The second kappa shape index (κ2) is 7.60. The summed E-state index contributed by atoms with van der Waals surface area (Å²) in [5, 5.41) is 14.5. The Bertz CT molecular complexity index is 435. The van der Waals surface area contributed by atoms with E-state index in [9.17, 15) is 10.1 Å². The predicted octanol–water partition coefficient (Wildman–Crippen LogP) is 3.92. The van der Waals surface area contributed by atoms with Crippen LogP contribution in [0.4, 0.5) is 5.69 Å². The molecule has 1 aromatic rings. The van der Waals surface area contributed by atoms with E-state index in [1.165, 1.54) is 0 Å². The zero-order valence-electron chi connectivity index (χ0n) is 11.6. The van der Waals surface area contributed by atoms with Crippen LogP contribution in [0.2, 0.25) is 0 Å². The van der Waals surface area contributed by atoms with Crippen LogP contribution in [0.1, 0.15) is 32.8 Å². The highest BCUT2D eigenvalue weighted by Crippen LogP contribution is 2.25. The lowest BCUT2D eigenvalue weighted by molar-refractivity contribution is -0.385. The van der Waals surface area contributed by atoms with Gasteiger partial charge in [0.1, 0.15) is 0 Å². The molecule has 0 saturated heterocycles. The Labute approximate surface area is 122 Å². The Morgan fingerprint density at radius 2 is 2.11 bits per heavy atom. The lowest BCUT2D eigenvalue weighted by Crippen LogP contribution is -2.34. The molecule has 0 spiro atoms. The summed E-state index contributed by atoms with van der Waals surface area (Å²) in [6.45, 7) is 7.34. The number of hydrogen-bond acceptors (Lipinski definition) is 3. The van der Waals surface area contributed by atoms with Gasteiger partial charge in [-0.05, 0) is 31.4 Å². The van der Waals surface area contributed by atoms with Crippen LogP contribution in [0.5, 0.6) is 0 Å². The van der Waals surface area contributed by atoms with Crippen molar-refractivity contribution >= 4 is 21.6 Å². The summed E-state index contributed by atoms with van der Waals surface area (Å²) in [5.74, 6) is 0.523. The van der Waals surface area contributed by atoms with Gasteiger partial charge in [0.15, 0.2) is 0 Å². The number of nitrogens with zero attached hydrogens (tertiary/aromatic N) is 1. The van der Waals surface area contributed by atoms with Gasteiger partial charge in [-0.25, -0.2) is 0 Å². The van der Waals surface area contributed by atoms with Gasteiger partial charge in [0.05, 0.1) is 4.92 Å². The zero-order valence-corrected chi connectivity index (χ0v) is 13.2. The van der Waals surface area contributed by atoms with Crippen molar-refractivity contribution in [2.24, 2.45) is 5.92 Å². The molecule has 0 amide bonds. The minimum atomic E-state index is -0.308. The molecule has 1 aromatic carbocycles. The Balaban J connectivity index is 2.79. The van der Waals surface area contributed by atoms with Crippen LogP contribution in [-0.4, -0.2) is 17.5 Å². The van der Waals surface area contributed by atoms with Gasteiger partial charge in [0, 0.05) is 22.1 Å². The quantitative estimate of drug-likeness (QED) is 0.609. The number of hydrogen-bond donors (Lipinski definition) is 1. The number of benzene rings is 1. The van der Waals surface area contributed by atoms with Gasteiger partial charge in [-0.3, -0.25) is 10.1 Å². The maximum atomic E-state index is 11.0. The van der Waals surface area contributed by atoms with Crippen LogP contribution < -0.4 is 5.32 Å². The number of halogens is 1. The average Bonchev–Trinajstić information content (AvgIpc) is 2.35. The predicted molar refractivity (Wildman–Crippen MR) is 81.4 cm³/mol. The van der Waals surface area contributed by atoms with Crippen molar-refractivity contribution in [3.8, 4) is 0 Å². The molecule has 106 valence electrons. The molecule has 1 N–H and O–H groups in total. The maximum Gasteiger partial charge on any atom is 0.273 e. The molecule has 19 heavy (non-hydrogen) atoms. The van der Waals surface area contributed by atoms with Crippen molar-refractivity contribution in [3.63, 3.8) is 0 Å². The van der Waals surface area contributed by atoms with E-state index in [0.29, 0.717) is 12.0 Å². The van der Waals surface area contributed by atoms with Gasteiger partial charge in [-0.1, -0.05) is 42.8 Å². The fourth-order valence-corrected chi connectivity index (χ4v) is 2.51. The Hall–Kier alpha value is -0.940. The molecule has 0 heterocycles. The molecule has 0 aromatic heterocycles. The minimum absolute atomic E-state index is 0.202. The summed E-state index contributed by atoms with van der Waals surface area (Å²) in [6, 6.07) is 5.67. The second-order valence-electron chi connectivity index (χ2n) is 4.98. The van der Waals surface area contributed by atoms with E-state index >= 15 is 0 Å². The largest absolute Gasteiger partial charge is 0.314 e. The van der Waals surface area contributed by atoms with E-state index in [1.54, 1.807) is 6.07 Å². The number of nitro benzene ring substituents is 1. The summed E-state index contributed by atoms with van der Waals surface area (Å²) >= 11 is 3.28. The maximum absolute atomic E-state index is 11.0. The third-order valence-electron chi connectivity index (χ3n) is 3.24. The van der Waals surface area contributed by atoms with E-state index in [1.807, 2.05) is 12.1 Å². The van der Waals surface area contributed by atoms with Gasteiger partial charge < -0.3 is 5.32 Å². The number of nitro groups is 1. The zero-order chi connectivity index (χ0) is 14.4. The number of rotatable bonds is 7. The molecule has 4 nitrogen and oxygen atoms in total. The summed E-state index contributed by atoms with van der Waals surface area (Å²) in [7, 11) is 0. The first-order valence-electron chi connectivity index (χ1n) is 6.61. The molecule has 1 atom stereocenters. The topological polar surface area (TPSA) is 55.2 Å². The van der Waals surface area contributed by atoms with Gasteiger partial charge in [-0.15, -0.1) is 0 Å². The van der Waals surface area contributed by atoms with Crippen LogP contribution in [-0.2, 0) is 6.42 Å². The molecule has 5 heteroatoms. The monoisotopic (exact) mass is 328 g/mol. The Kier molecular flexibility index (Phi) is 6.45. The molecular formula is C14H21BrN2O2. The van der Waals surface area contributed by atoms with Gasteiger partial charge in [0.25, 0.3) is 5.69 Å². The summed E-state index contributed by atoms with van der Waals surface area (Å²) < 4.78 is 0.745. The fourth-order valence-electron chi connectivity index (χ4n) is 2.16. The smallest absolute Gasteiger partial charge is 0.273 e. The van der Waals surface area contributed by atoms with Gasteiger partial charge in [-0.2, -0.15) is 0 Å². The van der Waals surface area contributed by atoms with Crippen LogP contribution in [0, 0.1) is 16.0 Å². The van der Waals surface area contributed by atoms with Crippen molar-refractivity contribution in [2.45, 2.75) is 39.7 Å². The first kappa shape index (κ1) is 16.1. The summed E-state index contributed by atoms with van der Waals surface area (Å²) in [5.41, 5.74) is 1.00. The third-order valence-corrected chi connectivity index (χ3v) is 3.73. The molecule has 0 saturated carbocycles. The highest BCUT2D eigenvalue weighted by Gasteiger charge is 2.17. The fraction of sp³-hybridized carbons (Fsp3) is 0.571. The van der Waals surface area contributed by atoms with E-state index in [-0.39, 0.29) is 10.6 Å². The molecule has 0 aliphatic heterocycles. The van der Waals surface area contributed by atoms with Crippen LogP contribution in [0.3, 0.4) is 0 Å². The first-order chi connectivity index (χ1) is 8.95. The van der Waals surface area contributed by atoms with E-state index in [0.717, 1.165) is 29.4 Å². The molecule has 1 rings (SSSR count). The van der Waals surface area contributed by atoms with Crippen molar-refractivity contribution in [1.29, 1.82) is 0 Å². The molecule has 0 bridgehead atoms. The Morgan fingerprint density at radius 3 is 2.63 bits per heavy atom. The van der Waals surface area contributed by atoms with E-state index in [4.69, 9.17) is 0 Å². The second-order valence-corrected chi connectivity index (χ2v) is 5.89. The normalized spacial score (nSPS) is 12.7. The highest BCUT2D eigenvalue weighted by molar-refractivity contribution is 9.10. The SMILES string of the molecule is CCNC(CCc1ccc(Br)cc1[N+](=O)[O-])C(C)C. The average molecular weight is 329 g/mol. The standard InChI is InChI=1S/C14H21BrN2O2/c1-4-16-13(10(2)3)8-6-11-5-7-12(15)9-14(11)17(18)19/h5,7,9-10,13,16H,4,6,8H2,1-3H3. The third kappa shape index (κ3) is 4.91. The van der Waals surface area contributed by atoms with Crippen LogP contribution >= 0.6 is 15.9 Å². The molecule has 0 aliphatic rings. The lowest BCUT2D eigenvalue weighted by atomic mass is 9.96. The van der Waals surface area contributed by atoms with Gasteiger partial charge in [0.2, 0.25) is 0 Å². The van der Waals surface area contributed by atoms with Crippen LogP contribution in [0.25, 0.3) is 0 Å². The lowest BCUT2D eigenvalue weighted by Gasteiger charge is -2.21. The molecule has 1 unspecified atom stereocenters. The molecular weight excluding hydrogens is 308 g/mol. The van der Waals surface area contributed by atoms with E-state index in [2.05, 4.69) is 42.0 Å². The molecule has 0 fully saturated rings. The highest BCUT2D eigenvalue weighted by atomic mass is 79.9. The molecule has 0 radical (unpaired) electrons.